The fraction of sp³-hybridized carbons (Fsp3) is 0.833. The Hall–Kier alpha value is -0.940. The standard InChI is InChI=1S/C12H22N4O/c1-2-16-8-3-4-11(6-9-16)13-7-5-12-14-10-17-15-12/h10-11,13H,2-9H2,1H3. The van der Waals surface area contributed by atoms with Crippen LogP contribution in [0.15, 0.2) is 10.9 Å². The molecule has 5 heteroatoms. The minimum Gasteiger partial charge on any atom is -0.343 e. The molecule has 96 valence electrons. The Labute approximate surface area is 103 Å². The SMILES string of the molecule is CCN1CCCC(NCCc2ncon2)CC1. The van der Waals surface area contributed by atoms with Crippen molar-refractivity contribution < 1.29 is 4.52 Å². The maximum absolute atomic E-state index is 4.71. The molecular formula is C12H22N4O. The average molecular weight is 238 g/mol. The van der Waals surface area contributed by atoms with Crippen molar-refractivity contribution in [3.8, 4) is 0 Å². The number of rotatable bonds is 5. The fourth-order valence-corrected chi connectivity index (χ4v) is 2.37. The molecule has 0 bridgehead atoms. The zero-order valence-electron chi connectivity index (χ0n) is 10.6. The molecule has 2 heterocycles. The molecule has 0 spiro atoms. The van der Waals surface area contributed by atoms with Crippen LogP contribution >= 0.6 is 0 Å². The molecule has 5 nitrogen and oxygen atoms in total. The lowest BCUT2D eigenvalue weighted by atomic mass is 10.1. The van der Waals surface area contributed by atoms with E-state index in [0.29, 0.717) is 6.04 Å². The van der Waals surface area contributed by atoms with Gasteiger partial charge in [0.15, 0.2) is 5.82 Å². The lowest BCUT2D eigenvalue weighted by molar-refractivity contribution is 0.297. The molecule has 1 aliphatic heterocycles. The third-order valence-electron chi connectivity index (χ3n) is 3.46. The fourth-order valence-electron chi connectivity index (χ4n) is 2.37. The van der Waals surface area contributed by atoms with Gasteiger partial charge in [-0.15, -0.1) is 0 Å². The second-order valence-corrected chi connectivity index (χ2v) is 4.61. The summed E-state index contributed by atoms with van der Waals surface area (Å²) in [7, 11) is 0. The Morgan fingerprint density at radius 1 is 1.47 bits per heavy atom. The van der Waals surface area contributed by atoms with E-state index in [0.717, 1.165) is 18.8 Å². The zero-order chi connectivity index (χ0) is 11.9. The van der Waals surface area contributed by atoms with Crippen LogP contribution in [0.25, 0.3) is 0 Å². The Balaban J connectivity index is 1.65. The van der Waals surface area contributed by atoms with Crippen molar-refractivity contribution in [2.45, 2.75) is 38.6 Å². The summed E-state index contributed by atoms with van der Waals surface area (Å²) < 4.78 is 4.71. The van der Waals surface area contributed by atoms with Crippen LogP contribution in [0.1, 0.15) is 32.0 Å². The van der Waals surface area contributed by atoms with Crippen LogP contribution in [-0.2, 0) is 6.42 Å². The topological polar surface area (TPSA) is 54.2 Å². The van der Waals surface area contributed by atoms with Gasteiger partial charge >= 0.3 is 0 Å². The molecule has 1 atom stereocenters. The summed E-state index contributed by atoms with van der Waals surface area (Å²) in [6, 6.07) is 0.651. The smallest absolute Gasteiger partial charge is 0.213 e. The van der Waals surface area contributed by atoms with E-state index in [1.165, 1.54) is 45.3 Å². The van der Waals surface area contributed by atoms with Gasteiger partial charge in [0, 0.05) is 19.0 Å². The van der Waals surface area contributed by atoms with Gasteiger partial charge in [-0.05, 0) is 38.9 Å². The molecule has 0 aliphatic carbocycles. The van der Waals surface area contributed by atoms with Crippen LogP contribution in [0.3, 0.4) is 0 Å². The average Bonchev–Trinajstić information content (AvgIpc) is 2.75. The predicted octanol–water partition coefficient (Wildman–Crippen LogP) is 1.08. The lowest BCUT2D eigenvalue weighted by Gasteiger charge is -2.18. The zero-order valence-corrected chi connectivity index (χ0v) is 10.6. The second-order valence-electron chi connectivity index (χ2n) is 4.61. The largest absolute Gasteiger partial charge is 0.343 e. The van der Waals surface area contributed by atoms with E-state index in [4.69, 9.17) is 4.52 Å². The van der Waals surface area contributed by atoms with Crippen molar-refractivity contribution in [1.29, 1.82) is 0 Å². The molecule has 0 radical (unpaired) electrons. The third kappa shape index (κ3) is 4.09. The van der Waals surface area contributed by atoms with Crippen LogP contribution < -0.4 is 5.32 Å². The van der Waals surface area contributed by atoms with Gasteiger partial charge in [0.1, 0.15) is 0 Å². The molecule has 1 fully saturated rings. The molecule has 1 N–H and O–H groups in total. The number of likely N-dealkylation sites (tertiary alicyclic amines) is 1. The van der Waals surface area contributed by atoms with E-state index in [1.807, 2.05) is 0 Å². The number of aromatic nitrogens is 2. The highest BCUT2D eigenvalue weighted by molar-refractivity contribution is 4.81. The molecule has 2 rings (SSSR count). The minimum atomic E-state index is 0.651. The molecule has 0 aromatic carbocycles. The summed E-state index contributed by atoms with van der Waals surface area (Å²) in [5.41, 5.74) is 0. The Morgan fingerprint density at radius 3 is 3.18 bits per heavy atom. The molecule has 1 aromatic heterocycles. The van der Waals surface area contributed by atoms with Crippen LogP contribution in [0.5, 0.6) is 0 Å². The van der Waals surface area contributed by atoms with Gasteiger partial charge in [0.25, 0.3) is 0 Å². The summed E-state index contributed by atoms with van der Waals surface area (Å²) >= 11 is 0. The molecule has 1 aliphatic rings. The van der Waals surface area contributed by atoms with Crippen LogP contribution in [-0.4, -0.2) is 47.3 Å². The van der Waals surface area contributed by atoms with Crippen molar-refractivity contribution >= 4 is 0 Å². The van der Waals surface area contributed by atoms with Gasteiger partial charge < -0.3 is 14.7 Å². The third-order valence-corrected chi connectivity index (χ3v) is 3.46. The van der Waals surface area contributed by atoms with Crippen LogP contribution in [0.2, 0.25) is 0 Å². The maximum Gasteiger partial charge on any atom is 0.213 e. The Bertz CT molecular complexity index is 301. The monoisotopic (exact) mass is 238 g/mol. The maximum atomic E-state index is 4.71. The van der Waals surface area contributed by atoms with Crippen LogP contribution in [0, 0.1) is 0 Å². The second kappa shape index (κ2) is 6.71. The molecule has 1 aromatic rings. The van der Waals surface area contributed by atoms with Gasteiger partial charge in [-0.25, -0.2) is 0 Å². The van der Waals surface area contributed by atoms with Crippen molar-refractivity contribution in [3.05, 3.63) is 12.2 Å². The summed E-state index contributed by atoms with van der Waals surface area (Å²) in [5, 5.41) is 7.40. The highest BCUT2D eigenvalue weighted by Gasteiger charge is 2.15. The molecule has 0 amide bonds. The van der Waals surface area contributed by atoms with Crippen molar-refractivity contribution in [2.24, 2.45) is 0 Å². The van der Waals surface area contributed by atoms with Gasteiger partial charge in [-0.2, -0.15) is 4.98 Å². The van der Waals surface area contributed by atoms with E-state index < -0.39 is 0 Å². The van der Waals surface area contributed by atoms with Gasteiger partial charge in [0.2, 0.25) is 6.39 Å². The van der Waals surface area contributed by atoms with E-state index in [-0.39, 0.29) is 0 Å². The van der Waals surface area contributed by atoms with E-state index in [1.54, 1.807) is 0 Å². The summed E-state index contributed by atoms with van der Waals surface area (Å²) in [4.78, 5) is 6.55. The highest BCUT2D eigenvalue weighted by Crippen LogP contribution is 2.10. The molecule has 1 unspecified atom stereocenters. The summed E-state index contributed by atoms with van der Waals surface area (Å²) in [6.45, 7) is 6.83. The first kappa shape index (κ1) is 12.5. The van der Waals surface area contributed by atoms with E-state index >= 15 is 0 Å². The van der Waals surface area contributed by atoms with Gasteiger partial charge in [-0.3, -0.25) is 0 Å². The van der Waals surface area contributed by atoms with Crippen molar-refractivity contribution in [2.75, 3.05) is 26.2 Å². The number of nitrogens with zero attached hydrogens (tertiary/aromatic N) is 3. The van der Waals surface area contributed by atoms with E-state index in [2.05, 4.69) is 27.3 Å². The number of hydrogen-bond acceptors (Lipinski definition) is 5. The molecule has 17 heavy (non-hydrogen) atoms. The van der Waals surface area contributed by atoms with Crippen molar-refractivity contribution in [1.82, 2.24) is 20.4 Å². The first-order valence-electron chi connectivity index (χ1n) is 6.59. The first-order chi connectivity index (χ1) is 8.38. The van der Waals surface area contributed by atoms with Crippen LogP contribution in [0.4, 0.5) is 0 Å². The molecule has 1 saturated heterocycles. The quantitative estimate of drug-likeness (QED) is 0.832. The van der Waals surface area contributed by atoms with E-state index in [9.17, 15) is 0 Å². The number of hydrogen-bond donors (Lipinski definition) is 1. The molecule has 0 saturated carbocycles. The molecular weight excluding hydrogens is 216 g/mol. The Morgan fingerprint density at radius 2 is 2.41 bits per heavy atom. The summed E-state index contributed by atoms with van der Waals surface area (Å²) in [6.07, 6.45) is 6.07. The minimum absolute atomic E-state index is 0.651. The lowest BCUT2D eigenvalue weighted by Crippen LogP contribution is -2.32. The Kier molecular flexibility index (Phi) is 4.94. The summed E-state index contributed by atoms with van der Waals surface area (Å²) in [5.74, 6) is 0.793. The van der Waals surface area contributed by atoms with Gasteiger partial charge in [-0.1, -0.05) is 12.1 Å². The normalized spacial score (nSPS) is 22.5. The predicted molar refractivity (Wildman–Crippen MR) is 65.8 cm³/mol. The number of nitrogens with one attached hydrogen (secondary N) is 1. The van der Waals surface area contributed by atoms with Gasteiger partial charge in [0.05, 0.1) is 0 Å². The highest BCUT2D eigenvalue weighted by atomic mass is 16.5. The van der Waals surface area contributed by atoms with Crippen molar-refractivity contribution in [3.63, 3.8) is 0 Å². The first-order valence-corrected chi connectivity index (χ1v) is 6.59.